The smallest absolute Gasteiger partial charge is 0.297 e. The summed E-state index contributed by atoms with van der Waals surface area (Å²) in [5.74, 6) is -0.595. The molecular weight excluding hydrogens is 277 g/mol. The van der Waals surface area contributed by atoms with Crippen LogP contribution < -0.4 is 10.4 Å². The quantitative estimate of drug-likeness (QED) is 0.454. The fourth-order valence-electron chi connectivity index (χ4n) is 1.18. The summed E-state index contributed by atoms with van der Waals surface area (Å²) in [4.78, 5) is 24.4. The highest BCUT2D eigenvalue weighted by Crippen LogP contribution is 2.41. The van der Waals surface area contributed by atoms with Crippen LogP contribution in [0, 0.1) is 0 Å². The molecule has 0 saturated carbocycles. The molecule has 8 heteroatoms. The van der Waals surface area contributed by atoms with Gasteiger partial charge in [0.1, 0.15) is 6.54 Å². The third-order valence-corrected chi connectivity index (χ3v) is 5.00. The molecule has 1 rings (SSSR count). The van der Waals surface area contributed by atoms with Crippen LogP contribution >= 0.6 is 6.42 Å². The highest BCUT2D eigenvalue weighted by molar-refractivity contribution is 8.14. The van der Waals surface area contributed by atoms with Crippen LogP contribution in [0.4, 0.5) is 0 Å². The summed E-state index contributed by atoms with van der Waals surface area (Å²) in [6, 6.07) is 9.10. The van der Waals surface area contributed by atoms with Crippen molar-refractivity contribution in [3.05, 3.63) is 30.3 Å². The molecule has 6 nitrogen and oxygen atoms in total. The molecule has 1 aromatic carbocycles. The highest BCUT2D eigenvalue weighted by atomic mass is 32.4. The van der Waals surface area contributed by atoms with Crippen LogP contribution in [0.2, 0.25) is 0 Å². The Hall–Kier alpha value is -0.820. The van der Waals surface area contributed by atoms with Crippen molar-refractivity contribution in [1.29, 1.82) is 0 Å². The van der Waals surface area contributed by atoms with Crippen molar-refractivity contribution < 1.29 is 24.1 Å². The highest BCUT2D eigenvalue weighted by Gasteiger charge is 2.23. The zero-order valence-corrected chi connectivity index (χ0v) is 11.7. The molecule has 1 aromatic rings. The Morgan fingerprint density at radius 2 is 1.94 bits per heavy atom. The van der Waals surface area contributed by atoms with Crippen molar-refractivity contribution in [2.75, 3.05) is 20.8 Å². The minimum atomic E-state index is -2.64. The minimum Gasteiger partial charge on any atom is -0.297 e. The Labute approximate surface area is 110 Å². The lowest BCUT2D eigenvalue weighted by molar-refractivity contribution is -0.253. The second-order valence-corrected chi connectivity index (χ2v) is 6.71. The zero-order chi connectivity index (χ0) is 13.4. The van der Waals surface area contributed by atoms with Gasteiger partial charge in [0.2, 0.25) is 0 Å². The van der Waals surface area contributed by atoms with Gasteiger partial charge in [0.05, 0.1) is 14.2 Å². The van der Waals surface area contributed by atoms with Crippen LogP contribution in [0.3, 0.4) is 0 Å². The van der Waals surface area contributed by atoms with E-state index in [4.69, 9.17) is 16.5 Å². The summed E-state index contributed by atoms with van der Waals surface area (Å²) in [7, 11) is 2.61. The van der Waals surface area contributed by atoms with Crippen molar-refractivity contribution in [2.24, 2.45) is 0 Å². The largest absolute Gasteiger partial charge is 0.356 e. The topological polar surface area (TPSA) is 66.0 Å². The average Bonchev–Trinajstić information content (AvgIpc) is 2.38. The summed E-state index contributed by atoms with van der Waals surface area (Å²) >= 11 is 5.37. The molecule has 0 aliphatic carbocycles. The van der Waals surface area contributed by atoms with E-state index < -0.39 is 12.4 Å². The van der Waals surface area contributed by atoms with Crippen molar-refractivity contribution in [3.63, 3.8) is 0 Å². The minimum absolute atomic E-state index is 0.136. The summed E-state index contributed by atoms with van der Waals surface area (Å²) in [6.45, 7) is -0.136. The lowest BCUT2D eigenvalue weighted by atomic mass is 10.4. The third kappa shape index (κ3) is 4.45. The molecule has 0 aliphatic rings. The Morgan fingerprint density at radius 3 is 2.50 bits per heavy atom. The number of hydrogen-bond donors (Lipinski definition) is 1. The zero-order valence-electron chi connectivity index (χ0n) is 9.99. The Morgan fingerprint density at radius 1 is 1.28 bits per heavy atom. The predicted octanol–water partition coefficient (Wildman–Crippen LogP) is 0.894. The SMILES string of the molecule is COOC(=O)CNP(=S)(OOC)c1ccccc1. The van der Waals surface area contributed by atoms with Gasteiger partial charge in [0, 0.05) is 5.30 Å². The van der Waals surface area contributed by atoms with E-state index in [-0.39, 0.29) is 6.54 Å². The first-order valence-corrected chi connectivity index (χ1v) is 7.71. The van der Waals surface area contributed by atoms with E-state index in [0.29, 0.717) is 0 Å². The molecule has 18 heavy (non-hydrogen) atoms. The molecule has 0 aliphatic heterocycles. The normalized spacial score (nSPS) is 13.9. The molecule has 0 aromatic heterocycles. The molecule has 0 radical (unpaired) electrons. The van der Waals surface area contributed by atoms with E-state index in [1.165, 1.54) is 14.2 Å². The molecule has 1 atom stereocenters. The number of carbonyl (C=O) groups is 1. The van der Waals surface area contributed by atoms with Crippen LogP contribution in [-0.2, 0) is 35.9 Å². The molecule has 100 valence electrons. The van der Waals surface area contributed by atoms with E-state index in [2.05, 4.69) is 19.8 Å². The molecule has 0 fully saturated rings. The van der Waals surface area contributed by atoms with E-state index in [1.807, 2.05) is 18.2 Å². The van der Waals surface area contributed by atoms with Gasteiger partial charge in [-0.05, 0) is 11.8 Å². The van der Waals surface area contributed by atoms with Gasteiger partial charge in [-0.25, -0.2) is 9.68 Å². The van der Waals surface area contributed by atoms with Crippen molar-refractivity contribution in [1.82, 2.24) is 5.09 Å². The average molecular weight is 291 g/mol. The number of benzene rings is 1. The Balaban J connectivity index is 2.75. The van der Waals surface area contributed by atoms with Crippen molar-refractivity contribution >= 4 is 29.5 Å². The van der Waals surface area contributed by atoms with Crippen LogP contribution in [0.5, 0.6) is 0 Å². The van der Waals surface area contributed by atoms with E-state index in [9.17, 15) is 4.79 Å². The molecule has 0 amide bonds. The summed E-state index contributed by atoms with van der Waals surface area (Å²) in [6.07, 6.45) is -2.64. The summed E-state index contributed by atoms with van der Waals surface area (Å²) in [5.41, 5.74) is 0. The molecule has 0 saturated heterocycles. The van der Waals surface area contributed by atoms with Crippen molar-refractivity contribution in [3.8, 4) is 0 Å². The predicted molar refractivity (Wildman–Crippen MR) is 69.6 cm³/mol. The standard InChI is InChI=1S/C10H14NO5PS/c1-13-15-10(12)8-11-17(18,16-14-2)9-6-4-3-5-7-9/h3-7H,8H2,1-2H3,(H,11,18). The molecule has 0 spiro atoms. The van der Waals surface area contributed by atoms with Gasteiger partial charge >= 0.3 is 5.97 Å². The third-order valence-electron chi connectivity index (χ3n) is 1.88. The Bertz CT molecular complexity index is 428. The van der Waals surface area contributed by atoms with Gasteiger partial charge in [-0.1, -0.05) is 30.3 Å². The second kappa shape index (κ2) is 7.58. The fraction of sp³-hybridized carbons (Fsp3) is 0.300. The maximum Gasteiger partial charge on any atom is 0.356 e. The first-order valence-electron chi connectivity index (χ1n) is 4.99. The van der Waals surface area contributed by atoms with Gasteiger partial charge in [-0.2, -0.15) is 9.56 Å². The lowest BCUT2D eigenvalue weighted by Gasteiger charge is -2.20. The Kier molecular flexibility index (Phi) is 6.42. The maximum atomic E-state index is 11.2. The number of rotatable bonds is 7. The summed E-state index contributed by atoms with van der Waals surface area (Å²) < 4.78 is 5.11. The van der Waals surface area contributed by atoms with Crippen LogP contribution in [0.15, 0.2) is 30.3 Å². The van der Waals surface area contributed by atoms with E-state index >= 15 is 0 Å². The number of hydrogen-bond acceptors (Lipinski definition) is 6. The molecule has 1 unspecified atom stereocenters. The second-order valence-electron chi connectivity index (χ2n) is 3.09. The van der Waals surface area contributed by atoms with Crippen LogP contribution in [0.25, 0.3) is 0 Å². The molecule has 1 N–H and O–H groups in total. The molecular formula is C10H14NO5PS. The number of nitrogens with one attached hydrogen (secondary N) is 1. The molecule has 0 heterocycles. The van der Waals surface area contributed by atoms with Gasteiger partial charge in [0.25, 0.3) is 0 Å². The van der Waals surface area contributed by atoms with E-state index in [1.54, 1.807) is 12.1 Å². The van der Waals surface area contributed by atoms with E-state index in [0.717, 1.165) is 5.30 Å². The van der Waals surface area contributed by atoms with Gasteiger partial charge in [-0.15, -0.1) is 0 Å². The van der Waals surface area contributed by atoms with Gasteiger partial charge in [-0.3, -0.25) is 9.97 Å². The first-order chi connectivity index (χ1) is 8.62. The fourth-order valence-corrected chi connectivity index (χ4v) is 3.36. The lowest BCUT2D eigenvalue weighted by Crippen LogP contribution is -2.27. The van der Waals surface area contributed by atoms with Gasteiger partial charge < -0.3 is 0 Å². The monoisotopic (exact) mass is 291 g/mol. The van der Waals surface area contributed by atoms with Gasteiger partial charge in [0.15, 0.2) is 6.42 Å². The van der Waals surface area contributed by atoms with Crippen molar-refractivity contribution in [2.45, 2.75) is 0 Å². The van der Waals surface area contributed by atoms with Crippen LogP contribution in [0.1, 0.15) is 0 Å². The van der Waals surface area contributed by atoms with Crippen LogP contribution in [-0.4, -0.2) is 26.7 Å². The maximum absolute atomic E-state index is 11.2. The number of carbonyl (C=O) groups excluding carboxylic acids is 1. The summed E-state index contributed by atoms with van der Waals surface area (Å²) in [5, 5.41) is 3.56. The first kappa shape index (κ1) is 15.2. The molecule has 0 bridgehead atoms.